The van der Waals surface area contributed by atoms with Crippen LogP contribution in [0.3, 0.4) is 0 Å². The summed E-state index contributed by atoms with van der Waals surface area (Å²) in [7, 11) is -8.31. The predicted octanol–water partition coefficient (Wildman–Crippen LogP) is 3.16. The smallest absolute Gasteiger partial charge is 0.264 e. The quantitative estimate of drug-likeness (QED) is 0.267. The Morgan fingerprint density at radius 3 is 1.40 bits per heavy atom. The lowest BCUT2D eigenvalue weighted by molar-refractivity contribution is 0.343. The average molecular weight is 402 g/mol. The van der Waals surface area contributed by atoms with Crippen LogP contribution in [0.5, 0.6) is 0 Å². The van der Waals surface area contributed by atoms with Crippen LogP contribution in [-0.2, 0) is 20.2 Å². The summed E-state index contributed by atoms with van der Waals surface area (Å²) < 4.78 is 61.5. The zero-order valence-corrected chi connectivity index (χ0v) is 17.0. The van der Waals surface area contributed by atoms with Crippen LogP contribution < -0.4 is 5.73 Å². The largest absolute Gasteiger partial charge is 0.325 e. The molecule has 0 fully saturated rings. The summed E-state index contributed by atoms with van der Waals surface area (Å²) in [4.78, 5) is 0. The second kappa shape index (κ2) is 12.2. The maximum atomic E-state index is 10.9. The van der Waals surface area contributed by atoms with Gasteiger partial charge in [0.15, 0.2) is 0 Å². The molecular formula is C16H35NO6S2. The summed E-state index contributed by atoms with van der Waals surface area (Å²) in [5.74, 6) is -1.02. The van der Waals surface area contributed by atoms with Gasteiger partial charge in [0.2, 0.25) is 0 Å². The van der Waals surface area contributed by atoms with E-state index >= 15 is 0 Å². The maximum Gasteiger partial charge on any atom is 0.264 e. The van der Waals surface area contributed by atoms with E-state index in [0.29, 0.717) is 6.42 Å². The van der Waals surface area contributed by atoms with Crippen molar-refractivity contribution < 1.29 is 25.9 Å². The lowest BCUT2D eigenvalue weighted by Gasteiger charge is -2.29. The Morgan fingerprint density at radius 2 is 1.04 bits per heavy atom. The van der Waals surface area contributed by atoms with Crippen molar-refractivity contribution in [3.8, 4) is 0 Å². The molecule has 152 valence electrons. The number of hydrogen-bond acceptors (Lipinski definition) is 5. The van der Waals surface area contributed by atoms with Crippen molar-refractivity contribution in [2.24, 2.45) is 5.73 Å². The first-order valence-electron chi connectivity index (χ1n) is 9.17. The molecule has 0 aliphatic carbocycles. The summed E-state index contributed by atoms with van der Waals surface area (Å²) in [6.45, 7) is 2.18. The van der Waals surface area contributed by atoms with Crippen molar-refractivity contribution in [1.82, 2.24) is 0 Å². The summed E-state index contributed by atoms with van der Waals surface area (Å²) in [5.41, 5.74) is 5.14. The molecule has 7 nitrogen and oxygen atoms in total. The van der Waals surface area contributed by atoms with E-state index in [1.807, 2.05) is 0 Å². The van der Waals surface area contributed by atoms with Crippen LogP contribution in [0.1, 0.15) is 84.0 Å². The highest BCUT2D eigenvalue weighted by atomic mass is 32.2. The molecule has 0 amide bonds. The van der Waals surface area contributed by atoms with Crippen molar-refractivity contribution in [1.29, 1.82) is 0 Å². The Kier molecular flexibility index (Phi) is 12.1. The van der Waals surface area contributed by atoms with Crippen LogP contribution in [0.25, 0.3) is 0 Å². The maximum absolute atomic E-state index is 10.9. The fourth-order valence-corrected chi connectivity index (χ4v) is 4.16. The highest BCUT2D eigenvalue weighted by Crippen LogP contribution is 2.23. The van der Waals surface area contributed by atoms with Gasteiger partial charge in [-0.15, -0.1) is 0 Å². The van der Waals surface area contributed by atoms with Crippen molar-refractivity contribution in [3.63, 3.8) is 0 Å². The Labute approximate surface area is 153 Å². The van der Waals surface area contributed by atoms with Gasteiger partial charge in [-0.2, -0.15) is 16.8 Å². The molecule has 0 spiro atoms. The van der Waals surface area contributed by atoms with Gasteiger partial charge in [-0.05, 0) is 19.3 Å². The Bertz CT molecular complexity index is 509. The third-order valence-corrected chi connectivity index (χ3v) is 5.93. The number of nitrogens with two attached hydrogens (primary N) is 1. The van der Waals surface area contributed by atoms with Gasteiger partial charge in [-0.25, -0.2) is 0 Å². The fourth-order valence-electron chi connectivity index (χ4n) is 2.83. The Hall–Kier alpha value is -0.220. The van der Waals surface area contributed by atoms with Gasteiger partial charge in [0.1, 0.15) is 0 Å². The molecule has 0 saturated carbocycles. The average Bonchev–Trinajstić information content (AvgIpc) is 2.48. The summed E-state index contributed by atoms with van der Waals surface area (Å²) in [6.07, 6.45) is 10.6. The van der Waals surface area contributed by atoms with Crippen LogP contribution in [0, 0.1) is 0 Å². The van der Waals surface area contributed by atoms with Crippen molar-refractivity contribution in [2.45, 2.75) is 89.5 Å². The van der Waals surface area contributed by atoms with Gasteiger partial charge >= 0.3 is 0 Å². The van der Waals surface area contributed by atoms with E-state index in [0.717, 1.165) is 25.7 Å². The minimum absolute atomic E-state index is 0.0294. The number of rotatable bonds is 16. The standard InChI is InChI=1S/C16H35NO6S2/c1-2-3-4-5-6-7-8-9-10-11-16(17,12-14-24(18,19)20)13-15-25(21,22)23/h2-15,17H2,1H3,(H,18,19,20)(H,21,22,23). The molecule has 0 aromatic rings. The minimum atomic E-state index is -4.15. The molecule has 0 saturated heterocycles. The molecule has 0 rings (SSSR count). The van der Waals surface area contributed by atoms with Gasteiger partial charge in [0, 0.05) is 5.54 Å². The van der Waals surface area contributed by atoms with E-state index < -0.39 is 37.3 Å². The molecule has 0 aliphatic rings. The highest BCUT2D eigenvalue weighted by Gasteiger charge is 2.28. The lowest BCUT2D eigenvalue weighted by atomic mass is 9.87. The Balaban J connectivity index is 4.21. The monoisotopic (exact) mass is 401 g/mol. The number of unbranched alkanes of at least 4 members (excludes halogenated alkanes) is 8. The topological polar surface area (TPSA) is 135 Å². The van der Waals surface area contributed by atoms with E-state index in [9.17, 15) is 16.8 Å². The van der Waals surface area contributed by atoms with Crippen LogP contribution in [0.15, 0.2) is 0 Å². The van der Waals surface area contributed by atoms with E-state index in [-0.39, 0.29) is 12.8 Å². The van der Waals surface area contributed by atoms with E-state index in [1.165, 1.54) is 32.1 Å². The minimum Gasteiger partial charge on any atom is -0.325 e. The first-order chi connectivity index (χ1) is 11.5. The van der Waals surface area contributed by atoms with Gasteiger partial charge in [-0.3, -0.25) is 9.11 Å². The second-order valence-corrected chi connectivity index (χ2v) is 10.2. The predicted molar refractivity (Wildman–Crippen MR) is 101 cm³/mol. The van der Waals surface area contributed by atoms with Gasteiger partial charge in [0.05, 0.1) is 11.5 Å². The third-order valence-electron chi connectivity index (χ3n) is 4.49. The van der Waals surface area contributed by atoms with Crippen LogP contribution in [-0.4, -0.2) is 43.0 Å². The zero-order valence-electron chi connectivity index (χ0n) is 15.3. The molecule has 0 aromatic carbocycles. The second-order valence-electron chi connectivity index (χ2n) is 7.01. The zero-order chi connectivity index (χ0) is 19.4. The highest BCUT2D eigenvalue weighted by molar-refractivity contribution is 7.86. The summed E-state index contributed by atoms with van der Waals surface area (Å²) in [6, 6.07) is 0. The SMILES string of the molecule is CCCCCCCCCCCC(N)(CCS(=O)(=O)O)CCS(=O)(=O)O. The molecule has 0 aliphatic heterocycles. The molecule has 25 heavy (non-hydrogen) atoms. The molecular weight excluding hydrogens is 366 g/mol. The molecule has 0 radical (unpaired) electrons. The van der Waals surface area contributed by atoms with E-state index in [2.05, 4.69) is 6.92 Å². The van der Waals surface area contributed by atoms with Crippen molar-refractivity contribution >= 4 is 20.2 Å². The molecule has 0 unspecified atom stereocenters. The molecule has 0 aromatic heterocycles. The van der Waals surface area contributed by atoms with Gasteiger partial charge < -0.3 is 5.73 Å². The van der Waals surface area contributed by atoms with Crippen LogP contribution in [0.2, 0.25) is 0 Å². The van der Waals surface area contributed by atoms with Gasteiger partial charge in [-0.1, -0.05) is 64.7 Å². The molecule has 0 bridgehead atoms. The van der Waals surface area contributed by atoms with Crippen molar-refractivity contribution in [2.75, 3.05) is 11.5 Å². The molecule has 4 N–H and O–H groups in total. The van der Waals surface area contributed by atoms with Gasteiger partial charge in [0.25, 0.3) is 20.2 Å². The van der Waals surface area contributed by atoms with Crippen LogP contribution >= 0.6 is 0 Å². The van der Waals surface area contributed by atoms with Crippen LogP contribution in [0.4, 0.5) is 0 Å². The third kappa shape index (κ3) is 17.0. The molecule has 0 atom stereocenters. The Morgan fingerprint density at radius 1 is 0.680 bits per heavy atom. The van der Waals surface area contributed by atoms with E-state index in [1.54, 1.807) is 0 Å². The first-order valence-corrected chi connectivity index (χ1v) is 12.4. The fraction of sp³-hybridized carbons (Fsp3) is 1.00. The lowest BCUT2D eigenvalue weighted by Crippen LogP contribution is -2.43. The molecule has 0 heterocycles. The summed E-state index contributed by atoms with van der Waals surface area (Å²) in [5, 5.41) is 0. The van der Waals surface area contributed by atoms with E-state index in [4.69, 9.17) is 14.8 Å². The normalized spacial score (nSPS) is 13.3. The number of hydrogen-bond donors (Lipinski definition) is 3. The first kappa shape index (κ1) is 24.8. The summed E-state index contributed by atoms with van der Waals surface area (Å²) >= 11 is 0. The van der Waals surface area contributed by atoms with Crippen molar-refractivity contribution in [3.05, 3.63) is 0 Å². The molecule has 9 heteroatoms.